The SMILES string of the molecule is N=C(N)c1ncccc1N1CCc2ccccc2CC1. The van der Waals surface area contributed by atoms with Gasteiger partial charge < -0.3 is 10.6 Å². The van der Waals surface area contributed by atoms with E-state index < -0.39 is 0 Å². The molecule has 4 nitrogen and oxygen atoms in total. The van der Waals surface area contributed by atoms with Gasteiger partial charge in [0.25, 0.3) is 0 Å². The van der Waals surface area contributed by atoms with Crippen molar-refractivity contribution in [2.24, 2.45) is 5.73 Å². The minimum Gasteiger partial charge on any atom is -0.382 e. The smallest absolute Gasteiger partial charge is 0.143 e. The number of nitrogens with two attached hydrogens (primary N) is 1. The Morgan fingerprint density at radius 2 is 1.70 bits per heavy atom. The molecule has 0 amide bonds. The van der Waals surface area contributed by atoms with E-state index in [0.29, 0.717) is 5.69 Å². The largest absolute Gasteiger partial charge is 0.382 e. The second-order valence-corrected chi connectivity index (χ2v) is 5.04. The summed E-state index contributed by atoms with van der Waals surface area (Å²) in [5, 5.41) is 7.67. The minimum atomic E-state index is 0.0300. The summed E-state index contributed by atoms with van der Waals surface area (Å²) in [6.07, 6.45) is 3.72. The van der Waals surface area contributed by atoms with Crippen LogP contribution in [-0.2, 0) is 12.8 Å². The maximum atomic E-state index is 7.67. The predicted octanol–water partition coefficient (Wildman–Crippen LogP) is 1.97. The number of hydrogen-bond donors (Lipinski definition) is 2. The Hall–Kier alpha value is -2.36. The lowest BCUT2D eigenvalue weighted by Gasteiger charge is -2.24. The first-order valence-electron chi connectivity index (χ1n) is 6.87. The van der Waals surface area contributed by atoms with Crippen LogP contribution in [0.1, 0.15) is 16.8 Å². The van der Waals surface area contributed by atoms with Crippen LogP contribution in [0, 0.1) is 5.41 Å². The molecule has 0 saturated heterocycles. The van der Waals surface area contributed by atoms with E-state index in [2.05, 4.69) is 34.1 Å². The molecule has 1 aromatic carbocycles. The van der Waals surface area contributed by atoms with Gasteiger partial charge in [-0.05, 0) is 36.1 Å². The van der Waals surface area contributed by atoms with Gasteiger partial charge in [-0.3, -0.25) is 10.4 Å². The van der Waals surface area contributed by atoms with Gasteiger partial charge >= 0.3 is 0 Å². The van der Waals surface area contributed by atoms with E-state index in [1.165, 1.54) is 11.1 Å². The normalized spacial score (nSPS) is 14.5. The maximum absolute atomic E-state index is 7.67. The average Bonchev–Trinajstić information content (AvgIpc) is 2.70. The Labute approximate surface area is 118 Å². The van der Waals surface area contributed by atoms with Gasteiger partial charge in [-0.2, -0.15) is 0 Å². The molecule has 0 aliphatic carbocycles. The Bertz CT molecular complexity index is 609. The van der Waals surface area contributed by atoms with Crippen LogP contribution in [0.5, 0.6) is 0 Å². The Kier molecular flexibility index (Phi) is 3.37. The van der Waals surface area contributed by atoms with Crippen LogP contribution in [0.3, 0.4) is 0 Å². The number of rotatable bonds is 2. The van der Waals surface area contributed by atoms with Gasteiger partial charge in [0, 0.05) is 19.3 Å². The fourth-order valence-corrected chi connectivity index (χ4v) is 2.77. The zero-order valence-electron chi connectivity index (χ0n) is 11.3. The molecular weight excluding hydrogens is 248 g/mol. The summed E-state index contributed by atoms with van der Waals surface area (Å²) < 4.78 is 0. The fourth-order valence-electron chi connectivity index (χ4n) is 2.77. The van der Waals surface area contributed by atoms with Crippen LogP contribution >= 0.6 is 0 Å². The summed E-state index contributed by atoms with van der Waals surface area (Å²) in [4.78, 5) is 6.52. The molecule has 4 heteroatoms. The van der Waals surface area contributed by atoms with E-state index in [9.17, 15) is 0 Å². The van der Waals surface area contributed by atoms with Crippen molar-refractivity contribution < 1.29 is 0 Å². The molecule has 0 bridgehead atoms. The number of amidine groups is 1. The number of pyridine rings is 1. The number of aromatic nitrogens is 1. The highest BCUT2D eigenvalue weighted by Crippen LogP contribution is 2.22. The number of hydrogen-bond acceptors (Lipinski definition) is 3. The molecule has 0 atom stereocenters. The van der Waals surface area contributed by atoms with Crippen molar-refractivity contribution in [2.75, 3.05) is 18.0 Å². The Balaban J connectivity index is 1.89. The number of nitrogens with zero attached hydrogens (tertiary/aromatic N) is 2. The third-order valence-electron chi connectivity index (χ3n) is 3.80. The molecule has 0 radical (unpaired) electrons. The van der Waals surface area contributed by atoms with E-state index in [0.717, 1.165) is 31.6 Å². The summed E-state index contributed by atoms with van der Waals surface area (Å²) in [5.74, 6) is 0.0300. The molecule has 3 rings (SSSR count). The second-order valence-electron chi connectivity index (χ2n) is 5.04. The molecule has 2 heterocycles. The Morgan fingerprint density at radius 1 is 1.05 bits per heavy atom. The van der Waals surface area contributed by atoms with Crippen LogP contribution < -0.4 is 10.6 Å². The summed E-state index contributed by atoms with van der Waals surface area (Å²) in [7, 11) is 0. The molecule has 2 aromatic rings. The highest BCUT2D eigenvalue weighted by Gasteiger charge is 2.17. The van der Waals surface area contributed by atoms with Crippen molar-refractivity contribution in [2.45, 2.75) is 12.8 Å². The highest BCUT2D eigenvalue weighted by molar-refractivity contribution is 5.98. The van der Waals surface area contributed by atoms with E-state index in [1.807, 2.05) is 12.1 Å². The molecule has 3 N–H and O–H groups in total. The lowest BCUT2D eigenvalue weighted by Crippen LogP contribution is -2.29. The van der Waals surface area contributed by atoms with Crippen LogP contribution in [0.15, 0.2) is 42.6 Å². The monoisotopic (exact) mass is 266 g/mol. The number of nitrogens with one attached hydrogen (secondary N) is 1. The van der Waals surface area contributed by atoms with Crippen molar-refractivity contribution in [3.05, 3.63) is 59.4 Å². The van der Waals surface area contributed by atoms with Crippen molar-refractivity contribution in [1.29, 1.82) is 5.41 Å². The first-order chi connectivity index (χ1) is 9.75. The zero-order chi connectivity index (χ0) is 13.9. The first-order valence-corrected chi connectivity index (χ1v) is 6.87. The van der Waals surface area contributed by atoms with Crippen LogP contribution in [-0.4, -0.2) is 23.9 Å². The summed E-state index contributed by atoms with van der Waals surface area (Å²) in [6.45, 7) is 1.87. The van der Waals surface area contributed by atoms with Gasteiger partial charge in [0.1, 0.15) is 11.5 Å². The molecule has 1 aliphatic heterocycles. The third-order valence-corrected chi connectivity index (χ3v) is 3.80. The van der Waals surface area contributed by atoms with Gasteiger partial charge in [0.2, 0.25) is 0 Å². The quantitative estimate of drug-likeness (QED) is 0.645. The standard InChI is InChI=1S/C16H18N4/c17-16(18)15-14(6-3-9-19-15)20-10-7-12-4-1-2-5-13(12)8-11-20/h1-6,9H,7-8,10-11H2,(H3,17,18). The molecule has 102 valence electrons. The van der Waals surface area contributed by atoms with Crippen LogP contribution in [0.25, 0.3) is 0 Å². The molecule has 0 spiro atoms. The van der Waals surface area contributed by atoms with E-state index in [1.54, 1.807) is 6.20 Å². The van der Waals surface area contributed by atoms with Gasteiger partial charge in [0.15, 0.2) is 0 Å². The molecule has 0 fully saturated rings. The maximum Gasteiger partial charge on any atom is 0.143 e. The number of anilines is 1. The molecule has 0 unspecified atom stereocenters. The van der Waals surface area contributed by atoms with Crippen LogP contribution in [0.2, 0.25) is 0 Å². The van der Waals surface area contributed by atoms with Crippen LogP contribution in [0.4, 0.5) is 5.69 Å². The number of fused-ring (bicyclic) bond motifs is 1. The lowest BCUT2D eigenvalue weighted by atomic mass is 10.0. The molecule has 1 aliphatic rings. The summed E-state index contributed by atoms with van der Waals surface area (Å²) >= 11 is 0. The first kappa shape index (κ1) is 12.7. The lowest BCUT2D eigenvalue weighted by molar-refractivity contribution is 0.802. The number of benzene rings is 1. The zero-order valence-corrected chi connectivity index (χ0v) is 11.3. The summed E-state index contributed by atoms with van der Waals surface area (Å²) in [6, 6.07) is 12.5. The van der Waals surface area contributed by atoms with E-state index in [-0.39, 0.29) is 5.84 Å². The van der Waals surface area contributed by atoms with Crippen molar-refractivity contribution >= 4 is 11.5 Å². The van der Waals surface area contributed by atoms with Gasteiger partial charge in [-0.1, -0.05) is 24.3 Å². The van der Waals surface area contributed by atoms with Crippen molar-refractivity contribution in [1.82, 2.24) is 4.98 Å². The van der Waals surface area contributed by atoms with Gasteiger partial charge in [-0.15, -0.1) is 0 Å². The molecular formula is C16H18N4. The number of nitrogen functional groups attached to an aromatic ring is 1. The second kappa shape index (κ2) is 5.33. The van der Waals surface area contributed by atoms with E-state index in [4.69, 9.17) is 11.1 Å². The summed E-state index contributed by atoms with van der Waals surface area (Å²) in [5.41, 5.74) is 10.0. The highest BCUT2D eigenvalue weighted by atomic mass is 15.1. The fraction of sp³-hybridized carbons (Fsp3) is 0.250. The Morgan fingerprint density at radius 3 is 2.30 bits per heavy atom. The topological polar surface area (TPSA) is 66.0 Å². The minimum absolute atomic E-state index is 0.0300. The van der Waals surface area contributed by atoms with Gasteiger partial charge in [-0.25, -0.2) is 0 Å². The van der Waals surface area contributed by atoms with Crippen molar-refractivity contribution in [3.63, 3.8) is 0 Å². The molecule has 20 heavy (non-hydrogen) atoms. The van der Waals surface area contributed by atoms with Gasteiger partial charge in [0.05, 0.1) is 5.69 Å². The predicted molar refractivity (Wildman–Crippen MR) is 81.3 cm³/mol. The third kappa shape index (κ3) is 2.37. The van der Waals surface area contributed by atoms with E-state index >= 15 is 0 Å². The molecule has 1 aromatic heterocycles. The molecule has 0 saturated carbocycles. The average molecular weight is 266 g/mol. The van der Waals surface area contributed by atoms with Crippen molar-refractivity contribution in [3.8, 4) is 0 Å².